The minimum atomic E-state index is -0.338. The molecule has 3 aromatic rings. The molecule has 0 radical (unpaired) electrons. The van der Waals surface area contributed by atoms with Crippen LogP contribution >= 0.6 is 0 Å². The van der Waals surface area contributed by atoms with Crippen LogP contribution in [0.2, 0.25) is 0 Å². The summed E-state index contributed by atoms with van der Waals surface area (Å²) in [6.45, 7) is 2.57. The lowest BCUT2D eigenvalue weighted by molar-refractivity contribution is 0.188. The first-order valence-electron chi connectivity index (χ1n) is 9.68. The molecule has 2 amide bonds. The molecule has 2 aromatic carbocycles. The van der Waals surface area contributed by atoms with Crippen molar-refractivity contribution in [2.24, 2.45) is 0 Å². The van der Waals surface area contributed by atoms with Crippen LogP contribution in [0.25, 0.3) is 0 Å². The summed E-state index contributed by atoms with van der Waals surface area (Å²) in [5, 5.41) is 3.06. The number of aromatic nitrogens is 1. The predicted octanol–water partition coefficient (Wildman–Crippen LogP) is 3.63. The van der Waals surface area contributed by atoms with E-state index in [9.17, 15) is 9.18 Å². The molecular formula is C22H23FN4O2. The van der Waals surface area contributed by atoms with Gasteiger partial charge in [-0.2, -0.15) is 0 Å². The molecule has 0 saturated carbocycles. The van der Waals surface area contributed by atoms with Crippen molar-refractivity contribution < 1.29 is 13.6 Å². The molecular weight excluding hydrogens is 371 g/mol. The normalized spacial score (nSPS) is 15.2. The average molecular weight is 394 g/mol. The second kappa shape index (κ2) is 8.77. The number of hydrogen-bond donors (Lipinski definition) is 1. The highest BCUT2D eigenvalue weighted by molar-refractivity contribution is 5.75. The monoisotopic (exact) mass is 394 g/mol. The van der Waals surface area contributed by atoms with Gasteiger partial charge >= 0.3 is 6.03 Å². The van der Waals surface area contributed by atoms with Crippen LogP contribution in [0.1, 0.15) is 17.5 Å². The molecule has 29 heavy (non-hydrogen) atoms. The van der Waals surface area contributed by atoms with E-state index >= 15 is 0 Å². The van der Waals surface area contributed by atoms with Gasteiger partial charge in [0.1, 0.15) is 18.1 Å². The quantitative estimate of drug-likeness (QED) is 0.718. The van der Waals surface area contributed by atoms with E-state index in [0.29, 0.717) is 38.5 Å². The number of amides is 2. The number of rotatable bonds is 5. The number of anilines is 1. The summed E-state index contributed by atoms with van der Waals surface area (Å²) in [6.07, 6.45) is 3.70. The van der Waals surface area contributed by atoms with Gasteiger partial charge < -0.3 is 19.5 Å². The topological polar surface area (TPSA) is 61.6 Å². The molecule has 4 rings (SSSR count). The number of carbonyl (C=O) groups is 1. The van der Waals surface area contributed by atoms with Crippen LogP contribution < -0.4 is 10.2 Å². The van der Waals surface area contributed by atoms with Crippen LogP contribution in [-0.4, -0.2) is 42.1 Å². The van der Waals surface area contributed by atoms with Gasteiger partial charge in [-0.05, 0) is 29.8 Å². The van der Waals surface area contributed by atoms with Crippen LogP contribution in [0.4, 0.5) is 14.9 Å². The molecule has 1 aromatic heterocycles. The van der Waals surface area contributed by atoms with Gasteiger partial charge in [0.25, 0.3) is 0 Å². The van der Waals surface area contributed by atoms with Crippen LogP contribution in [-0.2, 0) is 6.42 Å². The van der Waals surface area contributed by atoms with Crippen molar-refractivity contribution in [3.8, 4) is 0 Å². The third kappa shape index (κ3) is 4.74. The Bertz CT molecular complexity index is 908. The largest absolute Gasteiger partial charge is 0.447 e. The first-order valence-corrected chi connectivity index (χ1v) is 9.68. The maximum atomic E-state index is 13.1. The molecule has 1 aliphatic rings. The zero-order chi connectivity index (χ0) is 20.1. The predicted molar refractivity (Wildman–Crippen MR) is 108 cm³/mol. The second-order valence-electron chi connectivity index (χ2n) is 7.01. The fraction of sp³-hybridized carbons (Fsp3) is 0.273. The maximum absolute atomic E-state index is 13.1. The highest BCUT2D eigenvalue weighted by atomic mass is 19.1. The van der Waals surface area contributed by atoms with Gasteiger partial charge in [0.2, 0.25) is 5.89 Å². The van der Waals surface area contributed by atoms with E-state index in [-0.39, 0.29) is 17.9 Å². The standard InChI is InChI=1S/C22H23FN4O2/c23-18-6-8-19(9-7-18)26-11-13-27(14-12-26)22(28)25-20(21-24-10-15-29-21)16-17-4-2-1-3-5-17/h1-10,15,20H,11-14,16H2,(H,25,28). The van der Waals surface area contributed by atoms with E-state index < -0.39 is 0 Å². The smallest absolute Gasteiger partial charge is 0.318 e. The molecule has 0 aliphatic carbocycles. The van der Waals surface area contributed by atoms with Crippen molar-refractivity contribution in [3.63, 3.8) is 0 Å². The summed E-state index contributed by atoms with van der Waals surface area (Å²) in [5.74, 6) is 0.245. The Kier molecular flexibility index (Phi) is 5.74. The van der Waals surface area contributed by atoms with Crippen LogP contribution in [0.3, 0.4) is 0 Å². The Balaban J connectivity index is 1.37. The lowest BCUT2D eigenvalue weighted by Crippen LogP contribution is -2.52. The first kappa shape index (κ1) is 19.0. The highest BCUT2D eigenvalue weighted by Gasteiger charge is 2.25. The molecule has 0 spiro atoms. The van der Waals surface area contributed by atoms with Gasteiger partial charge in [0, 0.05) is 38.3 Å². The summed E-state index contributed by atoms with van der Waals surface area (Å²) in [6, 6.07) is 15.9. The number of carbonyl (C=O) groups excluding carboxylic acids is 1. The number of piperazine rings is 1. The molecule has 2 heterocycles. The van der Waals surface area contributed by atoms with Gasteiger partial charge in [-0.25, -0.2) is 14.2 Å². The number of hydrogen-bond acceptors (Lipinski definition) is 4. The molecule has 1 aliphatic heterocycles. The van der Waals surface area contributed by atoms with E-state index in [4.69, 9.17) is 4.42 Å². The molecule has 150 valence electrons. The molecule has 6 nitrogen and oxygen atoms in total. The fourth-order valence-electron chi connectivity index (χ4n) is 3.52. The van der Waals surface area contributed by atoms with Crippen LogP contribution in [0.5, 0.6) is 0 Å². The van der Waals surface area contributed by atoms with E-state index in [1.807, 2.05) is 30.3 Å². The van der Waals surface area contributed by atoms with Gasteiger partial charge in [-0.15, -0.1) is 0 Å². The van der Waals surface area contributed by atoms with Crippen LogP contribution in [0, 0.1) is 5.82 Å². The third-order valence-corrected chi connectivity index (χ3v) is 5.09. The third-order valence-electron chi connectivity index (χ3n) is 5.09. The Morgan fingerprint density at radius 2 is 1.79 bits per heavy atom. The molecule has 1 saturated heterocycles. The summed E-state index contributed by atoms with van der Waals surface area (Å²) < 4.78 is 18.6. The highest BCUT2D eigenvalue weighted by Crippen LogP contribution is 2.19. The first-order chi connectivity index (χ1) is 14.2. The zero-order valence-electron chi connectivity index (χ0n) is 16.0. The maximum Gasteiger partial charge on any atom is 0.318 e. The molecule has 7 heteroatoms. The summed E-state index contributed by atoms with van der Waals surface area (Å²) in [5.41, 5.74) is 2.06. The molecule has 1 unspecified atom stereocenters. The second-order valence-corrected chi connectivity index (χ2v) is 7.01. The fourth-order valence-corrected chi connectivity index (χ4v) is 3.52. The van der Waals surface area contributed by atoms with Gasteiger partial charge in [0.05, 0.1) is 6.20 Å². The lowest BCUT2D eigenvalue weighted by atomic mass is 10.1. The number of halogens is 1. The number of oxazole rings is 1. The molecule has 1 fully saturated rings. The van der Waals surface area contributed by atoms with E-state index in [1.54, 1.807) is 23.2 Å². The Hall–Kier alpha value is -3.35. The van der Waals surface area contributed by atoms with Crippen molar-refractivity contribution >= 4 is 11.7 Å². The minimum absolute atomic E-state index is 0.136. The van der Waals surface area contributed by atoms with E-state index in [1.165, 1.54) is 18.4 Å². The van der Waals surface area contributed by atoms with E-state index in [2.05, 4.69) is 15.2 Å². The van der Waals surface area contributed by atoms with E-state index in [0.717, 1.165) is 11.3 Å². The van der Waals surface area contributed by atoms with Crippen molar-refractivity contribution in [2.45, 2.75) is 12.5 Å². The molecule has 1 N–H and O–H groups in total. The lowest BCUT2D eigenvalue weighted by Gasteiger charge is -2.36. The number of nitrogens with zero attached hydrogens (tertiary/aromatic N) is 3. The molecule has 1 atom stereocenters. The van der Waals surface area contributed by atoms with Crippen molar-refractivity contribution in [1.82, 2.24) is 15.2 Å². The summed E-state index contributed by atoms with van der Waals surface area (Å²) in [4.78, 5) is 21.0. The summed E-state index contributed by atoms with van der Waals surface area (Å²) >= 11 is 0. The Morgan fingerprint density at radius 3 is 2.45 bits per heavy atom. The van der Waals surface area contributed by atoms with Crippen molar-refractivity contribution in [3.05, 3.63) is 84.3 Å². The van der Waals surface area contributed by atoms with Crippen LogP contribution in [0.15, 0.2) is 71.5 Å². The van der Waals surface area contributed by atoms with Crippen molar-refractivity contribution in [1.29, 1.82) is 0 Å². The molecule has 0 bridgehead atoms. The Labute approximate surface area is 169 Å². The van der Waals surface area contributed by atoms with Gasteiger partial charge in [-0.3, -0.25) is 0 Å². The Morgan fingerprint density at radius 1 is 1.07 bits per heavy atom. The van der Waals surface area contributed by atoms with Gasteiger partial charge in [-0.1, -0.05) is 30.3 Å². The summed E-state index contributed by atoms with van der Waals surface area (Å²) in [7, 11) is 0. The minimum Gasteiger partial charge on any atom is -0.447 e. The number of benzene rings is 2. The SMILES string of the molecule is O=C(NC(Cc1ccccc1)c1ncco1)N1CCN(c2ccc(F)cc2)CC1. The zero-order valence-corrected chi connectivity index (χ0v) is 16.0. The number of nitrogens with one attached hydrogen (secondary N) is 1. The van der Waals surface area contributed by atoms with Gasteiger partial charge in [0.15, 0.2) is 0 Å². The number of urea groups is 1. The van der Waals surface area contributed by atoms with Crippen molar-refractivity contribution in [2.75, 3.05) is 31.1 Å². The average Bonchev–Trinajstić information content (AvgIpc) is 3.30.